The second-order valence-corrected chi connectivity index (χ2v) is 11.9. The van der Waals surface area contributed by atoms with Crippen molar-refractivity contribution in [3.63, 3.8) is 0 Å². The van der Waals surface area contributed by atoms with Gasteiger partial charge in [0.1, 0.15) is 11.5 Å². The fraction of sp³-hybridized carbons (Fsp3) is 0.556. The lowest BCUT2D eigenvalue weighted by molar-refractivity contribution is -0.120. The molecule has 0 amide bonds. The second kappa shape index (κ2) is 8.75. The Kier molecular flexibility index (Phi) is 6.44. The van der Waals surface area contributed by atoms with Crippen molar-refractivity contribution >= 4 is 34.2 Å². The predicted octanol–water partition coefficient (Wildman–Crippen LogP) is 6.49. The number of hydrogen-bond donors (Lipinski definition) is 0. The Labute approximate surface area is 210 Å². The molecule has 2 aliphatic carbocycles. The summed E-state index contributed by atoms with van der Waals surface area (Å²) < 4.78 is 19.1. The Morgan fingerprint density at radius 3 is 1.88 bits per heavy atom. The van der Waals surface area contributed by atoms with Crippen LogP contribution in [-0.4, -0.2) is 24.8 Å². The van der Waals surface area contributed by atoms with E-state index in [0.717, 1.165) is 20.7 Å². The van der Waals surface area contributed by atoms with E-state index in [1.165, 1.54) is 0 Å². The standard InChI is InChI=1S/C27H33IO5/c1-7-31-19-10-15(9-16(28)25(19)32-8-2)22-23-17(29)11-26(3,4)13-20(23)33-21-14-27(5,6)12-18(30)24(21)22/h9-10,22H,7-8,11-14H2,1-6H3. The third-order valence-corrected chi connectivity index (χ3v) is 7.34. The van der Waals surface area contributed by atoms with E-state index < -0.39 is 5.92 Å². The number of rotatable bonds is 5. The smallest absolute Gasteiger partial charge is 0.174 e. The van der Waals surface area contributed by atoms with Gasteiger partial charge < -0.3 is 14.2 Å². The molecule has 0 N–H and O–H groups in total. The number of ether oxygens (including phenoxy) is 3. The van der Waals surface area contributed by atoms with Crippen molar-refractivity contribution in [2.24, 2.45) is 10.8 Å². The van der Waals surface area contributed by atoms with Crippen LogP contribution in [0.3, 0.4) is 0 Å². The van der Waals surface area contributed by atoms with Gasteiger partial charge in [-0.25, -0.2) is 0 Å². The van der Waals surface area contributed by atoms with Crippen LogP contribution in [0.5, 0.6) is 11.5 Å². The van der Waals surface area contributed by atoms with Crippen molar-refractivity contribution in [3.8, 4) is 11.5 Å². The summed E-state index contributed by atoms with van der Waals surface area (Å²) in [6.07, 6.45) is 2.26. The molecule has 0 bridgehead atoms. The highest BCUT2D eigenvalue weighted by Gasteiger charge is 2.48. The summed E-state index contributed by atoms with van der Waals surface area (Å²) in [4.78, 5) is 26.9. The molecule has 178 valence electrons. The van der Waals surface area contributed by atoms with E-state index in [1.807, 2.05) is 26.0 Å². The van der Waals surface area contributed by atoms with Gasteiger partial charge >= 0.3 is 0 Å². The molecular formula is C27H33IO5. The fourth-order valence-electron chi connectivity index (χ4n) is 5.31. The van der Waals surface area contributed by atoms with E-state index in [2.05, 4.69) is 50.3 Å². The van der Waals surface area contributed by atoms with Gasteiger partial charge in [0.25, 0.3) is 0 Å². The minimum Gasteiger partial charge on any atom is -0.490 e. The zero-order valence-corrected chi connectivity index (χ0v) is 22.6. The van der Waals surface area contributed by atoms with E-state index in [0.29, 0.717) is 61.5 Å². The Morgan fingerprint density at radius 1 is 0.879 bits per heavy atom. The van der Waals surface area contributed by atoms with Gasteiger partial charge in [0.2, 0.25) is 0 Å². The van der Waals surface area contributed by atoms with Crippen LogP contribution in [0.25, 0.3) is 0 Å². The van der Waals surface area contributed by atoms with Gasteiger partial charge in [-0.2, -0.15) is 0 Å². The summed E-state index contributed by atoms with van der Waals surface area (Å²) >= 11 is 2.25. The Hall–Kier alpha value is -1.83. The molecule has 1 heterocycles. The number of carbonyl (C=O) groups is 2. The van der Waals surface area contributed by atoms with Crippen LogP contribution in [-0.2, 0) is 14.3 Å². The van der Waals surface area contributed by atoms with Crippen LogP contribution in [0, 0.1) is 14.4 Å². The molecule has 0 aromatic heterocycles. The molecule has 0 atom stereocenters. The number of hydrogen-bond acceptors (Lipinski definition) is 5. The van der Waals surface area contributed by atoms with E-state index in [4.69, 9.17) is 14.2 Å². The van der Waals surface area contributed by atoms with E-state index in [1.54, 1.807) is 0 Å². The first kappa shape index (κ1) is 24.3. The zero-order valence-electron chi connectivity index (χ0n) is 20.4. The zero-order chi connectivity index (χ0) is 24.1. The number of benzene rings is 1. The Morgan fingerprint density at radius 2 is 1.39 bits per heavy atom. The van der Waals surface area contributed by atoms with Crippen LogP contribution >= 0.6 is 22.6 Å². The Balaban J connectivity index is 1.93. The van der Waals surface area contributed by atoms with Gasteiger partial charge in [-0.1, -0.05) is 27.7 Å². The first-order chi connectivity index (χ1) is 15.5. The van der Waals surface area contributed by atoms with Crippen molar-refractivity contribution in [2.75, 3.05) is 13.2 Å². The average molecular weight is 564 g/mol. The van der Waals surface area contributed by atoms with Gasteiger partial charge in [0.05, 0.1) is 16.8 Å². The maximum Gasteiger partial charge on any atom is 0.174 e. The number of allylic oxidation sites excluding steroid dienone is 4. The summed E-state index contributed by atoms with van der Waals surface area (Å²) in [6.45, 7) is 13.3. The Bertz CT molecular complexity index is 1020. The highest BCUT2D eigenvalue weighted by atomic mass is 127. The number of Topliss-reactive ketones (excluding diaryl/α,β-unsaturated/α-hetero) is 2. The first-order valence-electron chi connectivity index (χ1n) is 11.8. The van der Waals surface area contributed by atoms with Crippen LogP contribution < -0.4 is 9.47 Å². The van der Waals surface area contributed by atoms with Crippen LogP contribution in [0.4, 0.5) is 0 Å². The minimum absolute atomic E-state index is 0.0669. The molecule has 0 saturated heterocycles. The lowest BCUT2D eigenvalue weighted by Crippen LogP contribution is -2.37. The third-order valence-electron chi connectivity index (χ3n) is 6.54. The SMILES string of the molecule is CCOc1cc(C2C3=C(CC(C)(C)CC3=O)OC3=C2C(=O)CC(C)(C)C3)cc(I)c1OCC. The highest BCUT2D eigenvalue weighted by molar-refractivity contribution is 14.1. The summed E-state index contributed by atoms with van der Waals surface area (Å²) in [6, 6.07) is 3.97. The lowest BCUT2D eigenvalue weighted by Gasteiger charge is -2.42. The van der Waals surface area contributed by atoms with Crippen molar-refractivity contribution in [2.45, 2.75) is 73.1 Å². The lowest BCUT2D eigenvalue weighted by atomic mass is 9.65. The second-order valence-electron chi connectivity index (χ2n) is 10.8. The maximum absolute atomic E-state index is 13.5. The molecule has 3 aliphatic rings. The molecule has 0 unspecified atom stereocenters. The summed E-state index contributed by atoms with van der Waals surface area (Å²) in [7, 11) is 0. The molecule has 5 nitrogen and oxygen atoms in total. The van der Waals surface area contributed by atoms with Crippen LogP contribution in [0.15, 0.2) is 34.8 Å². The molecule has 33 heavy (non-hydrogen) atoms. The third kappa shape index (κ3) is 4.60. The van der Waals surface area contributed by atoms with Crippen molar-refractivity contribution in [1.29, 1.82) is 0 Å². The topological polar surface area (TPSA) is 61.8 Å². The molecule has 0 saturated carbocycles. The monoisotopic (exact) mass is 564 g/mol. The summed E-state index contributed by atoms with van der Waals surface area (Å²) in [5.74, 6) is 2.50. The van der Waals surface area contributed by atoms with Gasteiger partial charge in [0, 0.05) is 42.7 Å². The molecule has 1 aliphatic heterocycles. The van der Waals surface area contributed by atoms with E-state index >= 15 is 0 Å². The van der Waals surface area contributed by atoms with E-state index in [-0.39, 0.29) is 22.4 Å². The molecule has 0 spiro atoms. The van der Waals surface area contributed by atoms with Crippen LogP contribution in [0.1, 0.15) is 78.7 Å². The molecular weight excluding hydrogens is 531 g/mol. The summed E-state index contributed by atoms with van der Waals surface area (Å²) in [5.41, 5.74) is 1.83. The number of halogens is 1. The first-order valence-corrected chi connectivity index (χ1v) is 12.8. The normalized spacial score (nSPS) is 22.0. The molecule has 4 rings (SSSR count). The molecule has 0 radical (unpaired) electrons. The molecule has 1 aromatic carbocycles. The largest absolute Gasteiger partial charge is 0.490 e. The van der Waals surface area contributed by atoms with Gasteiger partial charge in [-0.15, -0.1) is 0 Å². The van der Waals surface area contributed by atoms with Crippen molar-refractivity contribution in [3.05, 3.63) is 43.9 Å². The maximum atomic E-state index is 13.5. The number of carbonyl (C=O) groups excluding carboxylic acids is 2. The predicted molar refractivity (Wildman–Crippen MR) is 135 cm³/mol. The van der Waals surface area contributed by atoms with Gasteiger partial charge in [0.15, 0.2) is 23.1 Å². The fourth-order valence-corrected chi connectivity index (χ4v) is 6.09. The molecule has 1 aromatic rings. The average Bonchev–Trinajstić information content (AvgIpc) is 2.67. The number of ketones is 2. The molecule has 6 heteroatoms. The molecule has 0 fully saturated rings. The van der Waals surface area contributed by atoms with Gasteiger partial charge in [-0.05, 0) is 65.0 Å². The quantitative estimate of drug-likeness (QED) is 0.383. The van der Waals surface area contributed by atoms with Crippen molar-refractivity contribution < 1.29 is 23.8 Å². The van der Waals surface area contributed by atoms with Crippen LogP contribution in [0.2, 0.25) is 0 Å². The summed E-state index contributed by atoms with van der Waals surface area (Å²) in [5, 5.41) is 0. The van der Waals surface area contributed by atoms with Crippen molar-refractivity contribution in [1.82, 2.24) is 0 Å². The van der Waals surface area contributed by atoms with E-state index in [9.17, 15) is 9.59 Å². The minimum atomic E-state index is -0.431. The van der Waals surface area contributed by atoms with Gasteiger partial charge in [-0.3, -0.25) is 9.59 Å². The highest BCUT2D eigenvalue weighted by Crippen LogP contribution is 2.54.